The van der Waals surface area contributed by atoms with Crippen LogP contribution in [-0.4, -0.2) is 37.7 Å². The molecule has 92 valence electrons. The zero-order valence-electron chi connectivity index (χ0n) is 10.00. The Morgan fingerprint density at radius 3 is 2.94 bits per heavy atom. The SMILES string of the molecule is C=CCCOCCNC(C)C(=O)NC1CC1. The van der Waals surface area contributed by atoms with Crippen LogP contribution in [0.4, 0.5) is 0 Å². The lowest BCUT2D eigenvalue weighted by atomic mass is 10.3. The predicted molar refractivity (Wildman–Crippen MR) is 64.3 cm³/mol. The summed E-state index contributed by atoms with van der Waals surface area (Å²) in [4.78, 5) is 11.5. The minimum atomic E-state index is -0.136. The van der Waals surface area contributed by atoms with Gasteiger partial charge in [0.2, 0.25) is 5.91 Å². The average molecular weight is 226 g/mol. The molecule has 0 spiro atoms. The quantitative estimate of drug-likeness (QED) is 0.452. The van der Waals surface area contributed by atoms with Gasteiger partial charge < -0.3 is 15.4 Å². The Kier molecular flexibility index (Phi) is 6.11. The molecule has 1 saturated carbocycles. The number of carbonyl (C=O) groups excluding carboxylic acids is 1. The van der Waals surface area contributed by atoms with E-state index in [9.17, 15) is 4.79 Å². The summed E-state index contributed by atoms with van der Waals surface area (Å²) in [5.41, 5.74) is 0. The molecule has 4 heteroatoms. The molecule has 0 aromatic rings. The van der Waals surface area contributed by atoms with Gasteiger partial charge in [0, 0.05) is 12.6 Å². The third kappa shape index (κ3) is 5.88. The number of hydrogen-bond acceptors (Lipinski definition) is 3. The van der Waals surface area contributed by atoms with E-state index >= 15 is 0 Å². The van der Waals surface area contributed by atoms with Crippen molar-refractivity contribution in [3.63, 3.8) is 0 Å². The highest BCUT2D eigenvalue weighted by molar-refractivity contribution is 5.81. The van der Waals surface area contributed by atoms with Gasteiger partial charge in [0.25, 0.3) is 0 Å². The van der Waals surface area contributed by atoms with Crippen LogP contribution in [0.15, 0.2) is 12.7 Å². The molecule has 1 fully saturated rings. The molecule has 0 saturated heterocycles. The van der Waals surface area contributed by atoms with Crippen molar-refractivity contribution in [1.82, 2.24) is 10.6 Å². The van der Waals surface area contributed by atoms with Crippen molar-refractivity contribution in [3.05, 3.63) is 12.7 Å². The van der Waals surface area contributed by atoms with E-state index in [0.717, 1.165) is 19.3 Å². The van der Waals surface area contributed by atoms with E-state index < -0.39 is 0 Å². The van der Waals surface area contributed by atoms with E-state index in [2.05, 4.69) is 17.2 Å². The maximum absolute atomic E-state index is 11.5. The molecule has 1 aliphatic carbocycles. The zero-order valence-corrected chi connectivity index (χ0v) is 10.00. The van der Waals surface area contributed by atoms with Gasteiger partial charge in [-0.2, -0.15) is 0 Å². The third-order valence-corrected chi connectivity index (χ3v) is 2.48. The van der Waals surface area contributed by atoms with E-state index in [1.165, 1.54) is 0 Å². The summed E-state index contributed by atoms with van der Waals surface area (Å²) >= 11 is 0. The smallest absolute Gasteiger partial charge is 0.237 e. The number of rotatable bonds is 9. The van der Waals surface area contributed by atoms with Crippen molar-refractivity contribution in [2.45, 2.75) is 38.3 Å². The molecular weight excluding hydrogens is 204 g/mol. The van der Waals surface area contributed by atoms with Crippen LogP contribution >= 0.6 is 0 Å². The maximum atomic E-state index is 11.5. The first-order valence-electron chi connectivity index (χ1n) is 5.96. The second-order valence-corrected chi connectivity index (χ2v) is 4.15. The molecule has 1 amide bonds. The van der Waals surface area contributed by atoms with E-state index in [4.69, 9.17) is 4.74 Å². The van der Waals surface area contributed by atoms with E-state index in [1.807, 2.05) is 13.0 Å². The van der Waals surface area contributed by atoms with Gasteiger partial charge >= 0.3 is 0 Å². The molecule has 0 heterocycles. The molecule has 0 aromatic carbocycles. The first-order valence-corrected chi connectivity index (χ1v) is 5.96. The Balaban J connectivity index is 1.93. The summed E-state index contributed by atoms with van der Waals surface area (Å²) in [5.74, 6) is 0.0913. The molecule has 1 unspecified atom stereocenters. The fourth-order valence-corrected chi connectivity index (χ4v) is 1.26. The lowest BCUT2D eigenvalue weighted by Crippen LogP contribution is -2.44. The Bertz CT molecular complexity index is 227. The third-order valence-electron chi connectivity index (χ3n) is 2.48. The van der Waals surface area contributed by atoms with Gasteiger partial charge in [-0.3, -0.25) is 4.79 Å². The molecule has 1 atom stereocenters. The molecule has 1 aliphatic rings. The van der Waals surface area contributed by atoms with Gasteiger partial charge in [-0.15, -0.1) is 6.58 Å². The van der Waals surface area contributed by atoms with Gasteiger partial charge in [0.15, 0.2) is 0 Å². The summed E-state index contributed by atoms with van der Waals surface area (Å²) in [6, 6.07) is 0.296. The van der Waals surface area contributed by atoms with Gasteiger partial charge in [-0.1, -0.05) is 6.08 Å². The highest BCUT2D eigenvalue weighted by Crippen LogP contribution is 2.18. The summed E-state index contributed by atoms with van der Waals surface area (Å²) in [7, 11) is 0. The Labute approximate surface area is 97.4 Å². The molecule has 16 heavy (non-hydrogen) atoms. The number of amides is 1. The minimum Gasteiger partial charge on any atom is -0.380 e. The highest BCUT2D eigenvalue weighted by atomic mass is 16.5. The van der Waals surface area contributed by atoms with Gasteiger partial charge in [0.1, 0.15) is 0 Å². The van der Waals surface area contributed by atoms with Crippen LogP contribution in [0.5, 0.6) is 0 Å². The number of carbonyl (C=O) groups is 1. The van der Waals surface area contributed by atoms with Crippen LogP contribution < -0.4 is 10.6 Å². The lowest BCUT2D eigenvalue weighted by Gasteiger charge is -2.13. The number of nitrogens with one attached hydrogen (secondary N) is 2. The lowest BCUT2D eigenvalue weighted by molar-refractivity contribution is -0.122. The Morgan fingerprint density at radius 2 is 2.31 bits per heavy atom. The van der Waals surface area contributed by atoms with Crippen LogP contribution in [0, 0.1) is 0 Å². The Morgan fingerprint density at radius 1 is 1.56 bits per heavy atom. The van der Waals surface area contributed by atoms with Crippen molar-refractivity contribution >= 4 is 5.91 Å². The van der Waals surface area contributed by atoms with E-state index in [0.29, 0.717) is 25.8 Å². The van der Waals surface area contributed by atoms with Crippen molar-refractivity contribution in [2.24, 2.45) is 0 Å². The minimum absolute atomic E-state index is 0.0913. The summed E-state index contributed by atoms with van der Waals surface area (Å²) < 4.78 is 5.33. The van der Waals surface area contributed by atoms with E-state index in [1.54, 1.807) is 0 Å². The molecule has 1 rings (SSSR count). The predicted octanol–water partition coefficient (Wildman–Crippen LogP) is 0.836. The number of hydrogen-bond donors (Lipinski definition) is 2. The standard InChI is InChI=1S/C12H22N2O2/c1-3-4-8-16-9-7-13-10(2)12(15)14-11-5-6-11/h3,10-11,13H,1,4-9H2,2H3,(H,14,15). The average Bonchev–Trinajstić information content (AvgIpc) is 3.06. The molecule has 0 bridgehead atoms. The van der Waals surface area contributed by atoms with Crippen molar-refractivity contribution in [3.8, 4) is 0 Å². The zero-order chi connectivity index (χ0) is 11.8. The molecule has 0 aliphatic heterocycles. The molecular formula is C12H22N2O2. The van der Waals surface area contributed by atoms with Gasteiger partial charge in [-0.05, 0) is 26.2 Å². The van der Waals surface area contributed by atoms with Crippen LogP contribution in [0.1, 0.15) is 26.2 Å². The van der Waals surface area contributed by atoms with Crippen LogP contribution in [-0.2, 0) is 9.53 Å². The second kappa shape index (κ2) is 7.41. The molecule has 2 N–H and O–H groups in total. The second-order valence-electron chi connectivity index (χ2n) is 4.15. The topological polar surface area (TPSA) is 50.4 Å². The van der Waals surface area contributed by atoms with Crippen molar-refractivity contribution in [1.29, 1.82) is 0 Å². The van der Waals surface area contributed by atoms with Crippen LogP contribution in [0.3, 0.4) is 0 Å². The molecule has 4 nitrogen and oxygen atoms in total. The largest absolute Gasteiger partial charge is 0.380 e. The normalized spacial score (nSPS) is 16.8. The first-order chi connectivity index (χ1) is 7.74. The Hall–Kier alpha value is -0.870. The fraction of sp³-hybridized carbons (Fsp3) is 0.750. The van der Waals surface area contributed by atoms with Crippen molar-refractivity contribution < 1.29 is 9.53 Å². The summed E-state index contributed by atoms with van der Waals surface area (Å²) in [6.07, 6.45) is 4.96. The summed E-state index contributed by atoms with van der Waals surface area (Å²) in [6.45, 7) is 7.53. The van der Waals surface area contributed by atoms with Gasteiger partial charge in [-0.25, -0.2) is 0 Å². The fourth-order valence-electron chi connectivity index (χ4n) is 1.26. The number of ether oxygens (including phenoxy) is 1. The highest BCUT2D eigenvalue weighted by Gasteiger charge is 2.25. The van der Waals surface area contributed by atoms with E-state index in [-0.39, 0.29) is 11.9 Å². The van der Waals surface area contributed by atoms with Crippen LogP contribution in [0.25, 0.3) is 0 Å². The van der Waals surface area contributed by atoms with Crippen molar-refractivity contribution in [2.75, 3.05) is 19.8 Å². The van der Waals surface area contributed by atoms with Crippen LogP contribution in [0.2, 0.25) is 0 Å². The maximum Gasteiger partial charge on any atom is 0.237 e. The molecule has 0 radical (unpaired) electrons. The molecule has 0 aromatic heterocycles. The monoisotopic (exact) mass is 226 g/mol. The van der Waals surface area contributed by atoms with Gasteiger partial charge in [0.05, 0.1) is 19.3 Å². The summed E-state index contributed by atoms with van der Waals surface area (Å²) in [5, 5.41) is 6.09. The first kappa shape index (κ1) is 13.2.